The largest absolute Gasteiger partial charge is 0.490 e. The maximum Gasteiger partial charge on any atom is 0.137 e. The van der Waals surface area contributed by atoms with Crippen molar-refractivity contribution >= 4 is 11.3 Å². The average Bonchev–Trinajstić information content (AvgIpc) is 3.42. The van der Waals surface area contributed by atoms with Crippen molar-refractivity contribution in [3.8, 4) is 11.8 Å². The summed E-state index contributed by atoms with van der Waals surface area (Å²) >= 11 is 0. The van der Waals surface area contributed by atoms with Gasteiger partial charge in [0.15, 0.2) is 0 Å². The summed E-state index contributed by atoms with van der Waals surface area (Å²) in [5.74, 6) is 0.607. The van der Waals surface area contributed by atoms with Crippen LogP contribution in [0.4, 0.5) is 0 Å². The predicted molar refractivity (Wildman–Crippen MR) is 132 cm³/mol. The van der Waals surface area contributed by atoms with Crippen molar-refractivity contribution in [1.29, 1.82) is 5.26 Å². The van der Waals surface area contributed by atoms with Gasteiger partial charge in [0.25, 0.3) is 0 Å². The second-order valence-corrected chi connectivity index (χ2v) is 9.38. The fourth-order valence-electron chi connectivity index (χ4n) is 4.97. The van der Waals surface area contributed by atoms with Crippen molar-refractivity contribution in [2.45, 2.75) is 65.2 Å². The quantitative estimate of drug-likeness (QED) is 0.618. The van der Waals surface area contributed by atoms with E-state index < -0.39 is 0 Å². The van der Waals surface area contributed by atoms with Gasteiger partial charge in [0.2, 0.25) is 0 Å². The Morgan fingerprint density at radius 3 is 2.76 bits per heavy atom. The van der Waals surface area contributed by atoms with E-state index in [9.17, 15) is 10.4 Å². The number of benzene rings is 2. The number of hydrogen-bond acceptors (Lipinski definition) is 5. The Balaban J connectivity index is 1.56. The molecule has 1 heterocycles. The van der Waals surface area contributed by atoms with Crippen LogP contribution in [0.1, 0.15) is 74.4 Å². The fraction of sp³-hybridized carbons (Fsp3) is 0.429. The van der Waals surface area contributed by atoms with Gasteiger partial charge in [-0.05, 0) is 93.0 Å². The predicted octanol–water partition coefficient (Wildman–Crippen LogP) is 5.27. The lowest BCUT2D eigenvalue weighted by molar-refractivity contribution is 0.159. The van der Waals surface area contributed by atoms with Crippen LogP contribution in [0.3, 0.4) is 0 Å². The number of aliphatic hydroxyl groups excluding tert-OH is 1. The molecule has 0 saturated carbocycles. The van der Waals surface area contributed by atoms with Crippen molar-refractivity contribution in [2.75, 3.05) is 13.1 Å². The third-order valence-electron chi connectivity index (χ3n) is 6.63. The van der Waals surface area contributed by atoms with Crippen molar-refractivity contribution in [3.05, 3.63) is 70.4 Å². The number of allylic oxidation sites excluding steroid dienone is 1. The molecule has 0 amide bonds. The average molecular weight is 444 g/mol. The number of likely N-dealkylation sites (tertiary alicyclic amines) is 1. The summed E-state index contributed by atoms with van der Waals surface area (Å²) in [6, 6.07) is 14.8. The number of nitrogens with zero attached hydrogens (tertiary/aromatic N) is 3. The molecule has 0 spiro atoms. The van der Waals surface area contributed by atoms with E-state index in [0.29, 0.717) is 17.4 Å². The number of rotatable bonds is 6. The number of β-amino-alcohol motifs (C(OH)–C–C–N with tert-alkyl or cyclic N) is 1. The summed E-state index contributed by atoms with van der Waals surface area (Å²) in [7, 11) is 0. The molecular formula is C28H33N3O2. The molecular weight excluding hydrogens is 410 g/mol. The first-order chi connectivity index (χ1) is 15.9. The van der Waals surface area contributed by atoms with Gasteiger partial charge >= 0.3 is 0 Å². The first kappa shape index (κ1) is 23.2. The second kappa shape index (κ2) is 9.91. The molecule has 2 atom stereocenters. The van der Waals surface area contributed by atoms with Gasteiger partial charge in [0, 0.05) is 31.0 Å². The summed E-state index contributed by atoms with van der Waals surface area (Å²) in [5.41, 5.74) is 7.49. The summed E-state index contributed by atoms with van der Waals surface area (Å²) in [6.45, 7) is 9.73. The topological polar surface area (TPSA) is 68.8 Å². The fourth-order valence-corrected chi connectivity index (χ4v) is 4.97. The van der Waals surface area contributed by atoms with E-state index in [2.05, 4.69) is 36.1 Å². The van der Waals surface area contributed by atoms with Crippen LogP contribution in [-0.4, -0.2) is 41.0 Å². The van der Waals surface area contributed by atoms with Crippen LogP contribution in [0.5, 0.6) is 5.75 Å². The summed E-state index contributed by atoms with van der Waals surface area (Å²) in [4.78, 5) is 7.16. The lowest BCUT2D eigenvalue weighted by atomic mass is 9.97. The Morgan fingerprint density at radius 1 is 1.24 bits per heavy atom. The normalized spacial score (nSPS) is 21.4. The lowest BCUT2D eigenvalue weighted by Crippen LogP contribution is -2.26. The number of nitriles is 1. The zero-order chi connectivity index (χ0) is 23.5. The molecule has 1 N–H and O–H groups in total. The number of aliphatic hydroxyl groups is 1. The molecule has 2 aliphatic rings. The van der Waals surface area contributed by atoms with Gasteiger partial charge in [0.1, 0.15) is 11.8 Å². The molecule has 1 aliphatic carbocycles. The van der Waals surface area contributed by atoms with Crippen LogP contribution in [0.2, 0.25) is 0 Å². The zero-order valence-electron chi connectivity index (χ0n) is 20.0. The molecule has 1 saturated heterocycles. The molecule has 0 bridgehead atoms. The highest BCUT2D eigenvalue weighted by Gasteiger charge is 2.33. The van der Waals surface area contributed by atoms with Gasteiger partial charge in [-0.25, -0.2) is 0 Å². The Hall–Kier alpha value is -2.94. The van der Waals surface area contributed by atoms with Crippen LogP contribution in [0.25, 0.3) is 5.57 Å². The molecule has 4 rings (SSSR count). The highest BCUT2D eigenvalue weighted by atomic mass is 16.5. The highest BCUT2D eigenvalue weighted by Crippen LogP contribution is 2.40. The monoisotopic (exact) mass is 443 g/mol. The maximum absolute atomic E-state index is 9.96. The van der Waals surface area contributed by atoms with Gasteiger partial charge in [-0.1, -0.05) is 18.2 Å². The molecule has 1 aliphatic heterocycles. The van der Waals surface area contributed by atoms with Crippen LogP contribution >= 0.6 is 0 Å². The highest BCUT2D eigenvalue weighted by molar-refractivity contribution is 5.99. The minimum Gasteiger partial charge on any atom is -0.490 e. The third kappa shape index (κ3) is 5.03. The number of hydrogen-bond donors (Lipinski definition) is 1. The van der Waals surface area contributed by atoms with E-state index in [4.69, 9.17) is 9.73 Å². The van der Waals surface area contributed by atoms with Gasteiger partial charge in [-0.15, -0.1) is 0 Å². The van der Waals surface area contributed by atoms with Crippen LogP contribution < -0.4 is 4.74 Å². The van der Waals surface area contributed by atoms with Crippen molar-refractivity contribution < 1.29 is 9.84 Å². The second-order valence-electron chi connectivity index (χ2n) is 9.38. The van der Waals surface area contributed by atoms with Gasteiger partial charge in [-0.3, -0.25) is 9.89 Å². The van der Waals surface area contributed by atoms with E-state index in [1.54, 1.807) is 0 Å². The first-order valence-electron chi connectivity index (χ1n) is 11.8. The lowest BCUT2D eigenvalue weighted by Gasteiger charge is -2.24. The minimum absolute atomic E-state index is 0.0195. The number of aliphatic imine (C=N–C) groups is 1. The molecule has 0 radical (unpaired) electrons. The van der Waals surface area contributed by atoms with Crippen LogP contribution in [0.15, 0.2) is 47.6 Å². The SMILES string of the molecule is CC(=N/C=C(\C)c1cccc2c1CCC2N1CCC(O)C1)c1ccc(OC(C)C)c(C#N)c1. The molecule has 1 fully saturated rings. The van der Waals surface area contributed by atoms with Crippen molar-refractivity contribution in [1.82, 2.24) is 4.90 Å². The molecule has 5 nitrogen and oxygen atoms in total. The Labute approximate surface area is 197 Å². The zero-order valence-corrected chi connectivity index (χ0v) is 20.0. The van der Waals surface area contributed by atoms with Crippen LogP contribution in [-0.2, 0) is 6.42 Å². The van der Waals surface area contributed by atoms with Gasteiger partial charge in [-0.2, -0.15) is 5.26 Å². The molecule has 2 unspecified atom stereocenters. The maximum atomic E-state index is 9.96. The standard InChI is InChI=1S/C28H33N3O2/c1-18(2)33-28-11-8-21(14-22(28)15-29)20(4)30-16-19(3)24-6-5-7-26-25(24)9-10-27(26)31-13-12-23(32)17-31/h5-8,11,14,16,18,23,27,32H,9-10,12-13,17H2,1-4H3/b19-16+,30-20?. The molecule has 2 aromatic carbocycles. The Morgan fingerprint density at radius 2 is 2.06 bits per heavy atom. The third-order valence-corrected chi connectivity index (χ3v) is 6.63. The smallest absolute Gasteiger partial charge is 0.137 e. The van der Waals surface area contributed by atoms with Crippen LogP contribution in [0, 0.1) is 11.3 Å². The number of ether oxygens (including phenoxy) is 1. The summed E-state index contributed by atoms with van der Waals surface area (Å²) in [5, 5.41) is 19.5. The Bertz CT molecular complexity index is 1130. The van der Waals surface area contributed by atoms with E-state index in [-0.39, 0.29) is 12.2 Å². The number of fused-ring (bicyclic) bond motifs is 1. The summed E-state index contributed by atoms with van der Waals surface area (Å²) in [6.07, 6.45) is 4.80. The van der Waals surface area contributed by atoms with E-state index in [1.165, 1.54) is 16.7 Å². The molecule has 33 heavy (non-hydrogen) atoms. The van der Waals surface area contributed by atoms with E-state index in [0.717, 1.165) is 49.2 Å². The minimum atomic E-state index is -0.191. The van der Waals surface area contributed by atoms with Crippen molar-refractivity contribution in [2.24, 2.45) is 4.99 Å². The van der Waals surface area contributed by atoms with Gasteiger partial charge < -0.3 is 9.84 Å². The molecule has 0 aromatic heterocycles. The molecule has 172 valence electrons. The summed E-state index contributed by atoms with van der Waals surface area (Å²) < 4.78 is 5.73. The van der Waals surface area contributed by atoms with Crippen molar-refractivity contribution in [3.63, 3.8) is 0 Å². The Kier molecular flexibility index (Phi) is 6.97. The van der Waals surface area contributed by atoms with Gasteiger partial charge in [0.05, 0.1) is 17.8 Å². The first-order valence-corrected chi connectivity index (χ1v) is 11.8. The molecule has 2 aromatic rings. The van der Waals surface area contributed by atoms with E-state index in [1.807, 2.05) is 45.2 Å². The van der Waals surface area contributed by atoms with E-state index >= 15 is 0 Å². The molecule has 5 heteroatoms.